The number of carbonyl (C=O) groups is 2. The minimum Gasteiger partial charge on any atom is -0.349 e. The second-order valence-corrected chi connectivity index (χ2v) is 6.66. The van der Waals surface area contributed by atoms with Crippen LogP contribution in [-0.4, -0.2) is 40.8 Å². The molecule has 5 nitrogen and oxygen atoms in total. The molecular formula is C20H23N3O2. The van der Waals surface area contributed by atoms with Crippen LogP contribution in [-0.2, 0) is 0 Å². The molecule has 0 atom stereocenters. The van der Waals surface area contributed by atoms with E-state index in [4.69, 9.17) is 0 Å². The number of nitrogens with one attached hydrogen (secondary N) is 1. The van der Waals surface area contributed by atoms with Crippen molar-refractivity contribution in [1.29, 1.82) is 0 Å². The van der Waals surface area contributed by atoms with Crippen molar-refractivity contribution in [2.45, 2.75) is 32.7 Å². The number of carbonyl (C=O) groups excluding carboxylic acids is 2. The Balaban J connectivity index is 1.56. The summed E-state index contributed by atoms with van der Waals surface area (Å²) in [6.45, 7) is 5.32. The second kappa shape index (κ2) is 7.47. The summed E-state index contributed by atoms with van der Waals surface area (Å²) in [5.41, 5.74) is 3.51. The fraction of sp³-hybridized carbons (Fsp3) is 0.350. The molecular weight excluding hydrogens is 314 g/mol. The Morgan fingerprint density at radius 1 is 1.08 bits per heavy atom. The van der Waals surface area contributed by atoms with E-state index < -0.39 is 0 Å². The van der Waals surface area contributed by atoms with Crippen LogP contribution in [0.5, 0.6) is 0 Å². The first-order chi connectivity index (χ1) is 12.0. The van der Waals surface area contributed by atoms with Crippen molar-refractivity contribution in [1.82, 2.24) is 15.2 Å². The topological polar surface area (TPSA) is 62.3 Å². The van der Waals surface area contributed by atoms with E-state index in [1.165, 1.54) is 0 Å². The van der Waals surface area contributed by atoms with Crippen LogP contribution < -0.4 is 5.32 Å². The molecule has 2 heterocycles. The predicted molar refractivity (Wildman–Crippen MR) is 96.5 cm³/mol. The molecule has 0 saturated carbocycles. The number of rotatable bonds is 3. The Hall–Kier alpha value is -2.69. The molecule has 1 aromatic carbocycles. The SMILES string of the molecule is Cc1cc(C)cc(C(=O)N2CCC(NC(=O)c3cccnc3)CC2)c1. The maximum absolute atomic E-state index is 12.7. The summed E-state index contributed by atoms with van der Waals surface area (Å²) in [5.74, 6) is -0.0315. The number of nitrogens with zero attached hydrogens (tertiary/aromatic N) is 2. The zero-order chi connectivity index (χ0) is 17.8. The first kappa shape index (κ1) is 17.1. The van der Waals surface area contributed by atoms with Crippen molar-refractivity contribution in [3.63, 3.8) is 0 Å². The van der Waals surface area contributed by atoms with Gasteiger partial charge in [0.25, 0.3) is 11.8 Å². The third-order valence-corrected chi connectivity index (χ3v) is 4.51. The van der Waals surface area contributed by atoms with Crippen molar-refractivity contribution in [2.24, 2.45) is 0 Å². The van der Waals surface area contributed by atoms with E-state index in [-0.39, 0.29) is 17.9 Å². The van der Waals surface area contributed by atoms with Gasteiger partial charge in [0.2, 0.25) is 0 Å². The van der Waals surface area contributed by atoms with Crippen LogP contribution in [0, 0.1) is 13.8 Å². The van der Waals surface area contributed by atoms with E-state index in [2.05, 4.69) is 16.4 Å². The van der Waals surface area contributed by atoms with Crippen LogP contribution in [0.2, 0.25) is 0 Å². The molecule has 2 amide bonds. The monoisotopic (exact) mass is 337 g/mol. The molecule has 1 aliphatic heterocycles. The van der Waals surface area contributed by atoms with Crippen LogP contribution >= 0.6 is 0 Å². The first-order valence-electron chi connectivity index (χ1n) is 8.61. The number of amides is 2. The molecule has 1 fully saturated rings. The van der Waals surface area contributed by atoms with E-state index >= 15 is 0 Å². The summed E-state index contributed by atoms with van der Waals surface area (Å²) in [4.78, 5) is 30.7. The van der Waals surface area contributed by atoms with Crippen LogP contribution in [0.15, 0.2) is 42.7 Å². The number of aryl methyl sites for hydroxylation is 2. The highest BCUT2D eigenvalue weighted by molar-refractivity contribution is 5.95. The summed E-state index contributed by atoms with van der Waals surface area (Å²) in [6.07, 6.45) is 4.74. The lowest BCUT2D eigenvalue weighted by Crippen LogP contribution is -2.46. The molecule has 1 aromatic heterocycles. The minimum absolute atomic E-state index is 0.0730. The summed E-state index contributed by atoms with van der Waals surface area (Å²) in [7, 11) is 0. The second-order valence-electron chi connectivity index (χ2n) is 6.66. The van der Waals surface area contributed by atoms with Gasteiger partial charge in [-0.05, 0) is 51.0 Å². The maximum atomic E-state index is 12.7. The maximum Gasteiger partial charge on any atom is 0.253 e. The molecule has 3 rings (SSSR count). The highest BCUT2D eigenvalue weighted by Crippen LogP contribution is 2.16. The quantitative estimate of drug-likeness (QED) is 0.937. The number of pyridine rings is 1. The highest BCUT2D eigenvalue weighted by Gasteiger charge is 2.25. The van der Waals surface area contributed by atoms with Crippen LogP contribution in [0.4, 0.5) is 0 Å². The summed E-state index contributed by atoms with van der Waals surface area (Å²) in [5, 5.41) is 3.04. The lowest BCUT2D eigenvalue weighted by molar-refractivity contribution is 0.0698. The summed E-state index contributed by atoms with van der Waals surface area (Å²) >= 11 is 0. The van der Waals surface area contributed by atoms with Crippen LogP contribution in [0.25, 0.3) is 0 Å². The molecule has 1 N–H and O–H groups in total. The Morgan fingerprint density at radius 2 is 1.76 bits per heavy atom. The first-order valence-corrected chi connectivity index (χ1v) is 8.61. The molecule has 2 aromatic rings. The Labute approximate surface area is 148 Å². The van der Waals surface area contributed by atoms with Gasteiger partial charge >= 0.3 is 0 Å². The van der Waals surface area contributed by atoms with Gasteiger partial charge in [-0.15, -0.1) is 0 Å². The van der Waals surface area contributed by atoms with Crippen molar-refractivity contribution in [3.05, 3.63) is 65.0 Å². The Kier molecular flexibility index (Phi) is 5.12. The number of aromatic nitrogens is 1. The predicted octanol–water partition coefficient (Wildman–Crippen LogP) is 2.73. The van der Waals surface area contributed by atoms with E-state index in [1.54, 1.807) is 24.5 Å². The van der Waals surface area contributed by atoms with Crippen molar-refractivity contribution < 1.29 is 9.59 Å². The van der Waals surface area contributed by atoms with Crippen LogP contribution in [0.3, 0.4) is 0 Å². The molecule has 0 bridgehead atoms. The molecule has 25 heavy (non-hydrogen) atoms. The third kappa shape index (κ3) is 4.24. The zero-order valence-electron chi connectivity index (χ0n) is 14.7. The van der Waals surface area contributed by atoms with Gasteiger partial charge in [-0.1, -0.05) is 17.2 Å². The fourth-order valence-electron chi connectivity index (χ4n) is 3.27. The lowest BCUT2D eigenvalue weighted by Gasteiger charge is -2.32. The van der Waals surface area contributed by atoms with Gasteiger partial charge in [0.05, 0.1) is 5.56 Å². The van der Waals surface area contributed by atoms with Gasteiger partial charge in [-0.3, -0.25) is 14.6 Å². The normalized spacial score (nSPS) is 15.0. The number of hydrogen-bond donors (Lipinski definition) is 1. The zero-order valence-corrected chi connectivity index (χ0v) is 14.7. The van der Waals surface area contributed by atoms with E-state index in [0.717, 1.165) is 29.5 Å². The van der Waals surface area contributed by atoms with Gasteiger partial charge < -0.3 is 10.2 Å². The number of likely N-dealkylation sites (tertiary alicyclic amines) is 1. The van der Waals surface area contributed by atoms with E-state index in [9.17, 15) is 9.59 Å². The highest BCUT2D eigenvalue weighted by atomic mass is 16.2. The Morgan fingerprint density at radius 3 is 2.36 bits per heavy atom. The van der Waals surface area contributed by atoms with Gasteiger partial charge in [0, 0.05) is 37.1 Å². The average Bonchev–Trinajstić information content (AvgIpc) is 2.61. The Bertz CT molecular complexity index is 746. The van der Waals surface area contributed by atoms with Gasteiger partial charge in [-0.25, -0.2) is 0 Å². The number of benzene rings is 1. The molecule has 0 radical (unpaired) electrons. The van der Waals surface area contributed by atoms with Gasteiger partial charge in [0.1, 0.15) is 0 Å². The smallest absolute Gasteiger partial charge is 0.253 e. The third-order valence-electron chi connectivity index (χ3n) is 4.51. The van der Waals surface area contributed by atoms with Crippen molar-refractivity contribution in [2.75, 3.05) is 13.1 Å². The van der Waals surface area contributed by atoms with E-state index in [1.807, 2.05) is 30.9 Å². The van der Waals surface area contributed by atoms with Gasteiger partial charge in [-0.2, -0.15) is 0 Å². The molecule has 0 spiro atoms. The molecule has 0 aliphatic carbocycles. The lowest BCUT2D eigenvalue weighted by atomic mass is 10.0. The average molecular weight is 337 g/mol. The van der Waals surface area contributed by atoms with E-state index in [0.29, 0.717) is 18.7 Å². The number of hydrogen-bond acceptors (Lipinski definition) is 3. The standard InChI is InChI=1S/C20H23N3O2/c1-14-10-15(2)12-17(11-14)20(25)23-8-5-18(6-9-23)22-19(24)16-4-3-7-21-13-16/h3-4,7,10-13,18H,5-6,8-9H2,1-2H3,(H,22,24). The fourth-order valence-corrected chi connectivity index (χ4v) is 3.27. The van der Waals surface area contributed by atoms with Crippen molar-refractivity contribution >= 4 is 11.8 Å². The van der Waals surface area contributed by atoms with Gasteiger partial charge in [0.15, 0.2) is 0 Å². The molecule has 5 heteroatoms. The molecule has 1 saturated heterocycles. The molecule has 130 valence electrons. The molecule has 0 unspecified atom stereocenters. The van der Waals surface area contributed by atoms with Crippen LogP contribution in [0.1, 0.15) is 44.7 Å². The minimum atomic E-state index is -0.104. The summed E-state index contributed by atoms with van der Waals surface area (Å²) in [6, 6.07) is 9.53. The number of piperidine rings is 1. The van der Waals surface area contributed by atoms with Crippen molar-refractivity contribution in [3.8, 4) is 0 Å². The largest absolute Gasteiger partial charge is 0.349 e. The summed E-state index contributed by atoms with van der Waals surface area (Å²) < 4.78 is 0. The molecule has 1 aliphatic rings.